The van der Waals surface area contributed by atoms with Gasteiger partial charge in [0.25, 0.3) is 0 Å². The van der Waals surface area contributed by atoms with Gasteiger partial charge >= 0.3 is 0 Å². The Kier molecular flexibility index (Phi) is 5.49. The van der Waals surface area contributed by atoms with Gasteiger partial charge in [0.05, 0.1) is 24.1 Å². The van der Waals surface area contributed by atoms with E-state index < -0.39 is 9.84 Å². The summed E-state index contributed by atoms with van der Waals surface area (Å²) in [6.07, 6.45) is 0.806. The van der Waals surface area contributed by atoms with E-state index in [2.05, 4.69) is 30.9 Å². The Labute approximate surface area is 173 Å². The molecule has 5 nitrogen and oxygen atoms in total. The second-order valence-electron chi connectivity index (χ2n) is 8.43. The molecule has 0 radical (unpaired) electrons. The van der Waals surface area contributed by atoms with E-state index in [9.17, 15) is 13.2 Å². The van der Waals surface area contributed by atoms with Crippen molar-refractivity contribution in [1.29, 1.82) is 0 Å². The Balaban J connectivity index is 1.58. The molecule has 154 valence electrons. The maximum Gasteiger partial charge on any atom is 0.241 e. The molecule has 2 aliphatic rings. The van der Waals surface area contributed by atoms with Crippen LogP contribution in [0.15, 0.2) is 54.6 Å². The molecule has 0 saturated carbocycles. The normalized spacial score (nSPS) is 24.1. The number of fused-ring (bicyclic) bond motifs is 1. The third-order valence-electron chi connectivity index (χ3n) is 6.07. The third kappa shape index (κ3) is 4.23. The van der Waals surface area contributed by atoms with Gasteiger partial charge in [0.1, 0.15) is 0 Å². The fraction of sp³-hybridized carbons (Fsp3) is 0.435. The second-order valence-corrected chi connectivity index (χ2v) is 10.6. The van der Waals surface area contributed by atoms with Crippen LogP contribution in [0.5, 0.6) is 0 Å². The molecule has 0 aliphatic carbocycles. The molecule has 0 bridgehead atoms. The number of hydrogen-bond acceptors (Lipinski definition) is 4. The van der Waals surface area contributed by atoms with Crippen LogP contribution >= 0.6 is 0 Å². The maximum atomic E-state index is 13.1. The molecule has 29 heavy (non-hydrogen) atoms. The average molecular weight is 413 g/mol. The number of rotatable bonds is 5. The van der Waals surface area contributed by atoms with E-state index in [1.807, 2.05) is 42.5 Å². The van der Waals surface area contributed by atoms with Crippen LogP contribution in [0.4, 0.5) is 5.69 Å². The summed E-state index contributed by atoms with van der Waals surface area (Å²) in [6.45, 7) is 5.21. The van der Waals surface area contributed by atoms with Gasteiger partial charge in [-0.15, -0.1) is 0 Å². The number of anilines is 1. The minimum atomic E-state index is -3.17. The molecule has 2 fully saturated rings. The summed E-state index contributed by atoms with van der Waals surface area (Å²) in [5.74, 6) is 0.556. The number of piperazine rings is 1. The molecule has 2 aromatic rings. The largest absolute Gasteiger partial charge is 0.306 e. The Bertz CT molecular complexity index is 971. The second kappa shape index (κ2) is 7.92. The van der Waals surface area contributed by atoms with Crippen molar-refractivity contribution in [3.05, 3.63) is 65.7 Å². The van der Waals surface area contributed by atoms with Crippen molar-refractivity contribution in [1.82, 2.24) is 4.90 Å². The van der Waals surface area contributed by atoms with Crippen molar-refractivity contribution in [3.8, 4) is 0 Å². The lowest BCUT2D eigenvalue weighted by molar-refractivity contribution is -0.123. The van der Waals surface area contributed by atoms with Crippen LogP contribution in [0.3, 0.4) is 0 Å². The Morgan fingerprint density at radius 1 is 0.966 bits per heavy atom. The van der Waals surface area contributed by atoms with Crippen LogP contribution in [-0.2, 0) is 21.1 Å². The molecule has 6 heteroatoms. The number of sulfone groups is 1. The molecular formula is C23H28N2O3S. The summed E-state index contributed by atoms with van der Waals surface area (Å²) in [7, 11) is -3.17. The predicted octanol–water partition coefficient (Wildman–Crippen LogP) is 2.87. The van der Waals surface area contributed by atoms with E-state index in [-0.39, 0.29) is 36.0 Å². The first kappa shape index (κ1) is 20.1. The smallest absolute Gasteiger partial charge is 0.241 e. The molecule has 2 aliphatic heterocycles. The van der Waals surface area contributed by atoms with Crippen LogP contribution in [0.1, 0.15) is 30.9 Å². The topological polar surface area (TPSA) is 57.7 Å². The fourth-order valence-electron chi connectivity index (χ4n) is 4.48. The summed E-state index contributed by atoms with van der Waals surface area (Å²) < 4.78 is 25.0. The number of benzene rings is 2. The SMILES string of the molecule is CC(C)c1ccc(N2C(=O)CN(CCc3ccccc3)[C@H]3CS(=O)(=O)C[C@H]32)cc1. The molecule has 0 aromatic heterocycles. The molecule has 2 aromatic carbocycles. The predicted molar refractivity (Wildman–Crippen MR) is 116 cm³/mol. The first-order valence-electron chi connectivity index (χ1n) is 10.2. The molecular weight excluding hydrogens is 384 g/mol. The molecule has 2 atom stereocenters. The van der Waals surface area contributed by atoms with Crippen molar-refractivity contribution >= 4 is 21.4 Å². The quantitative estimate of drug-likeness (QED) is 0.758. The number of carbonyl (C=O) groups excluding carboxylic acids is 1. The zero-order valence-electron chi connectivity index (χ0n) is 17.0. The van der Waals surface area contributed by atoms with Crippen molar-refractivity contribution in [2.24, 2.45) is 0 Å². The van der Waals surface area contributed by atoms with Crippen LogP contribution < -0.4 is 4.90 Å². The summed E-state index contributed by atoms with van der Waals surface area (Å²) in [5.41, 5.74) is 3.21. The Morgan fingerprint density at radius 3 is 2.28 bits per heavy atom. The number of hydrogen-bond donors (Lipinski definition) is 0. The first-order valence-corrected chi connectivity index (χ1v) is 12.1. The van der Waals surface area contributed by atoms with Crippen molar-refractivity contribution < 1.29 is 13.2 Å². The highest BCUT2D eigenvalue weighted by molar-refractivity contribution is 7.91. The summed E-state index contributed by atoms with van der Waals surface area (Å²) in [5, 5.41) is 0. The van der Waals surface area contributed by atoms with Crippen LogP contribution in [-0.4, -0.2) is 55.9 Å². The number of nitrogens with zero attached hydrogens (tertiary/aromatic N) is 2. The number of carbonyl (C=O) groups is 1. The fourth-order valence-corrected chi connectivity index (χ4v) is 6.46. The lowest BCUT2D eigenvalue weighted by atomic mass is 10.00. The van der Waals surface area contributed by atoms with Gasteiger partial charge in [-0.25, -0.2) is 8.42 Å². The van der Waals surface area contributed by atoms with E-state index >= 15 is 0 Å². The summed E-state index contributed by atoms with van der Waals surface area (Å²) >= 11 is 0. The molecule has 0 unspecified atom stereocenters. The van der Waals surface area contributed by atoms with Gasteiger partial charge in [0.15, 0.2) is 9.84 Å². The van der Waals surface area contributed by atoms with E-state index in [1.165, 1.54) is 11.1 Å². The lowest BCUT2D eigenvalue weighted by Gasteiger charge is -2.43. The van der Waals surface area contributed by atoms with Crippen molar-refractivity contribution in [2.75, 3.05) is 29.5 Å². The minimum Gasteiger partial charge on any atom is -0.306 e. The monoisotopic (exact) mass is 412 g/mol. The highest BCUT2D eigenvalue weighted by atomic mass is 32.2. The third-order valence-corrected chi connectivity index (χ3v) is 7.77. The zero-order chi connectivity index (χ0) is 20.6. The van der Waals surface area contributed by atoms with Crippen LogP contribution in [0.25, 0.3) is 0 Å². The van der Waals surface area contributed by atoms with Gasteiger partial charge in [-0.3, -0.25) is 9.69 Å². The highest BCUT2D eigenvalue weighted by Crippen LogP contribution is 2.32. The van der Waals surface area contributed by atoms with Crippen molar-refractivity contribution in [2.45, 2.75) is 38.3 Å². The van der Waals surface area contributed by atoms with Gasteiger partial charge in [-0.1, -0.05) is 56.3 Å². The molecule has 2 heterocycles. The van der Waals surface area contributed by atoms with Gasteiger partial charge in [-0.05, 0) is 35.6 Å². The standard InChI is InChI=1S/C23H28N2O3S/c1-17(2)19-8-10-20(11-9-19)25-22-16-29(27,28)15-21(22)24(14-23(25)26)13-12-18-6-4-3-5-7-18/h3-11,17,21-22H,12-16H2,1-2H3/t21-,22+/m0/s1. The van der Waals surface area contributed by atoms with Gasteiger partial charge in [0, 0.05) is 18.3 Å². The van der Waals surface area contributed by atoms with E-state index in [0.29, 0.717) is 12.5 Å². The lowest BCUT2D eigenvalue weighted by Crippen LogP contribution is -2.62. The van der Waals surface area contributed by atoms with E-state index in [4.69, 9.17) is 0 Å². The number of amides is 1. The van der Waals surface area contributed by atoms with E-state index in [0.717, 1.165) is 12.1 Å². The first-order chi connectivity index (χ1) is 13.8. The van der Waals surface area contributed by atoms with Gasteiger partial charge in [-0.2, -0.15) is 0 Å². The minimum absolute atomic E-state index is 0.0197. The molecule has 1 amide bonds. The molecule has 0 N–H and O–H groups in total. The Morgan fingerprint density at radius 2 is 1.62 bits per heavy atom. The molecule has 0 spiro atoms. The molecule has 4 rings (SSSR count). The highest BCUT2D eigenvalue weighted by Gasteiger charge is 2.49. The van der Waals surface area contributed by atoms with E-state index in [1.54, 1.807) is 4.90 Å². The Hall–Kier alpha value is -2.18. The average Bonchev–Trinajstić information content (AvgIpc) is 3.02. The molecule has 2 saturated heterocycles. The van der Waals surface area contributed by atoms with Gasteiger partial charge < -0.3 is 4.90 Å². The summed E-state index contributed by atoms with van der Waals surface area (Å²) in [4.78, 5) is 16.9. The van der Waals surface area contributed by atoms with Crippen LogP contribution in [0.2, 0.25) is 0 Å². The zero-order valence-corrected chi connectivity index (χ0v) is 17.8. The van der Waals surface area contributed by atoms with Crippen LogP contribution in [0, 0.1) is 0 Å². The van der Waals surface area contributed by atoms with Crippen molar-refractivity contribution in [3.63, 3.8) is 0 Å². The maximum absolute atomic E-state index is 13.1. The summed E-state index contributed by atoms with van der Waals surface area (Å²) in [6, 6.07) is 17.6. The van der Waals surface area contributed by atoms with Gasteiger partial charge in [0.2, 0.25) is 5.91 Å².